The van der Waals surface area contributed by atoms with Crippen LogP contribution in [0.25, 0.3) is 5.69 Å². The van der Waals surface area contributed by atoms with Crippen molar-refractivity contribution >= 4 is 40.6 Å². The van der Waals surface area contributed by atoms with Gasteiger partial charge >= 0.3 is 0 Å². The van der Waals surface area contributed by atoms with Gasteiger partial charge in [-0.25, -0.2) is 0 Å². The zero-order chi connectivity index (χ0) is 21.1. The van der Waals surface area contributed by atoms with E-state index in [2.05, 4.69) is 33.9 Å². The average Bonchev–Trinajstić information content (AvgIpc) is 3.40. The second-order valence-corrected chi connectivity index (χ2v) is 9.01. The fourth-order valence-electron chi connectivity index (χ4n) is 3.78. The summed E-state index contributed by atoms with van der Waals surface area (Å²) in [5.74, 6) is 0.294. The first kappa shape index (κ1) is 20.6. The number of thiophene rings is 1. The van der Waals surface area contributed by atoms with Crippen LogP contribution in [0, 0.1) is 0 Å². The molecule has 0 spiro atoms. The van der Waals surface area contributed by atoms with Crippen LogP contribution in [0.2, 0.25) is 0 Å². The molecule has 156 valence electrons. The highest BCUT2D eigenvalue weighted by Gasteiger charge is 2.30. The Hall–Kier alpha value is -2.65. The van der Waals surface area contributed by atoms with Crippen molar-refractivity contribution in [3.05, 3.63) is 52.5 Å². The molecule has 3 aromatic rings. The number of benzene rings is 1. The van der Waals surface area contributed by atoms with Crippen LogP contribution in [0.5, 0.6) is 0 Å². The third-order valence-electron chi connectivity index (χ3n) is 5.09. The number of nitrogens with zero attached hydrogens (tertiary/aromatic N) is 4. The summed E-state index contributed by atoms with van der Waals surface area (Å²) in [5, 5.41) is 13.7. The van der Waals surface area contributed by atoms with E-state index in [1.54, 1.807) is 17.7 Å². The Bertz CT molecular complexity index is 1060. The second kappa shape index (κ2) is 9.01. The van der Waals surface area contributed by atoms with Crippen molar-refractivity contribution < 1.29 is 9.59 Å². The van der Waals surface area contributed by atoms with Crippen LogP contribution < -0.4 is 5.32 Å². The highest BCUT2D eigenvalue weighted by atomic mass is 32.2. The Morgan fingerprint density at radius 3 is 3.00 bits per heavy atom. The first-order chi connectivity index (χ1) is 14.6. The lowest BCUT2D eigenvalue weighted by Gasteiger charge is -2.35. The molecule has 0 saturated carbocycles. The number of amides is 2. The third kappa shape index (κ3) is 4.27. The Morgan fingerprint density at radius 1 is 1.33 bits per heavy atom. The lowest BCUT2D eigenvalue weighted by molar-refractivity contribution is -0.131. The highest BCUT2D eigenvalue weighted by molar-refractivity contribution is 7.99. The fraction of sp³-hybridized carbons (Fsp3) is 0.333. The Balaban J connectivity index is 1.46. The molecule has 0 radical (unpaired) electrons. The number of thioether (sulfide) groups is 1. The smallest absolute Gasteiger partial charge is 0.233 e. The number of fused-ring (bicyclic) bond motifs is 1. The summed E-state index contributed by atoms with van der Waals surface area (Å²) in [6.45, 7) is 4.36. The molecule has 30 heavy (non-hydrogen) atoms. The van der Waals surface area contributed by atoms with Crippen LogP contribution in [-0.4, -0.2) is 43.8 Å². The van der Waals surface area contributed by atoms with E-state index in [-0.39, 0.29) is 17.9 Å². The van der Waals surface area contributed by atoms with Crippen molar-refractivity contribution in [1.29, 1.82) is 0 Å². The number of aromatic nitrogens is 3. The van der Waals surface area contributed by atoms with E-state index in [9.17, 15) is 9.59 Å². The molecule has 3 heterocycles. The molecule has 1 N–H and O–H groups in total. The van der Waals surface area contributed by atoms with Crippen molar-refractivity contribution in [3.63, 3.8) is 0 Å². The zero-order valence-electron chi connectivity index (χ0n) is 16.9. The Morgan fingerprint density at radius 2 is 2.20 bits per heavy atom. The monoisotopic (exact) mass is 441 g/mol. The number of anilines is 1. The van der Waals surface area contributed by atoms with E-state index in [1.165, 1.54) is 29.1 Å². The van der Waals surface area contributed by atoms with Gasteiger partial charge in [0.2, 0.25) is 11.8 Å². The summed E-state index contributed by atoms with van der Waals surface area (Å²) in [6.07, 6.45) is 3.45. The van der Waals surface area contributed by atoms with E-state index >= 15 is 0 Å². The number of carbonyl (C=O) groups excluding carboxylic acids is 2. The van der Waals surface area contributed by atoms with Crippen LogP contribution in [0.1, 0.15) is 36.8 Å². The standard InChI is InChI=1S/C21H23N5O2S2/c1-3-18-17-8-10-29-19(17)7-9-25(18)20(28)12-30-21-24-22-13-26(21)16-6-4-5-15(11-16)23-14(2)27/h4-6,8,10-11,13,18H,3,7,9,12H2,1-2H3,(H,23,27). The molecule has 1 atom stereocenters. The van der Waals surface area contributed by atoms with Gasteiger partial charge in [0.1, 0.15) is 6.33 Å². The predicted molar refractivity (Wildman–Crippen MR) is 119 cm³/mol. The minimum Gasteiger partial charge on any atom is -0.335 e. The van der Waals surface area contributed by atoms with Crippen molar-refractivity contribution in [2.75, 3.05) is 17.6 Å². The first-order valence-corrected chi connectivity index (χ1v) is 11.7. The number of rotatable bonds is 6. The average molecular weight is 442 g/mol. The number of nitrogens with one attached hydrogen (secondary N) is 1. The SMILES string of the molecule is CCC1c2ccsc2CCN1C(=O)CSc1nncn1-c1cccc(NC(C)=O)c1. The topological polar surface area (TPSA) is 80.1 Å². The van der Waals surface area contributed by atoms with Gasteiger partial charge < -0.3 is 10.2 Å². The molecule has 4 rings (SSSR count). The van der Waals surface area contributed by atoms with Gasteiger partial charge in [0.15, 0.2) is 5.16 Å². The molecule has 1 aliphatic heterocycles. The van der Waals surface area contributed by atoms with Crippen molar-refractivity contribution in [2.24, 2.45) is 0 Å². The quantitative estimate of drug-likeness (QED) is 0.587. The van der Waals surface area contributed by atoms with Crippen LogP contribution in [0.15, 0.2) is 47.2 Å². The summed E-state index contributed by atoms with van der Waals surface area (Å²) in [7, 11) is 0. The van der Waals surface area contributed by atoms with Crippen LogP contribution in [0.4, 0.5) is 5.69 Å². The van der Waals surface area contributed by atoms with Gasteiger partial charge in [-0.05, 0) is 48.1 Å². The number of carbonyl (C=O) groups is 2. The summed E-state index contributed by atoms with van der Waals surface area (Å²) >= 11 is 3.16. The Kier molecular flexibility index (Phi) is 6.19. The van der Waals surface area contributed by atoms with Gasteiger partial charge in [-0.15, -0.1) is 21.5 Å². The zero-order valence-corrected chi connectivity index (χ0v) is 18.5. The normalized spacial score (nSPS) is 15.7. The molecule has 2 amide bonds. The summed E-state index contributed by atoms with van der Waals surface area (Å²) < 4.78 is 1.83. The minimum atomic E-state index is -0.128. The maximum Gasteiger partial charge on any atom is 0.233 e. The van der Waals surface area contributed by atoms with Crippen molar-refractivity contribution in [1.82, 2.24) is 19.7 Å². The van der Waals surface area contributed by atoms with Crippen LogP contribution in [0.3, 0.4) is 0 Å². The molecular weight excluding hydrogens is 418 g/mol. The maximum atomic E-state index is 13.0. The largest absolute Gasteiger partial charge is 0.335 e. The fourth-order valence-corrected chi connectivity index (χ4v) is 5.52. The van der Waals surface area contributed by atoms with Gasteiger partial charge in [0.25, 0.3) is 0 Å². The number of hydrogen-bond donors (Lipinski definition) is 1. The molecule has 0 fully saturated rings. The third-order valence-corrected chi connectivity index (χ3v) is 7.01. The molecule has 7 nitrogen and oxygen atoms in total. The van der Waals surface area contributed by atoms with E-state index in [4.69, 9.17) is 0 Å². The summed E-state index contributed by atoms with van der Waals surface area (Å²) in [5.41, 5.74) is 2.82. The highest BCUT2D eigenvalue weighted by Crippen LogP contribution is 2.35. The second-order valence-electron chi connectivity index (χ2n) is 7.06. The molecule has 2 aromatic heterocycles. The summed E-state index contributed by atoms with van der Waals surface area (Å²) in [4.78, 5) is 27.7. The van der Waals surface area contributed by atoms with E-state index < -0.39 is 0 Å². The lowest BCUT2D eigenvalue weighted by atomic mass is 9.98. The molecule has 0 aliphatic carbocycles. The molecule has 9 heteroatoms. The minimum absolute atomic E-state index is 0.116. The van der Waals surface area contributed by atoms with E-state index in [0.717, 1.165) is 25.1 Å². The predicted octanol–water partition coefficient (Wildman–Crippen LogP) is 3.92. The summed E-state index contributed by atoms with van der Waals surface area (Å²) in [6, 6.07) is 9.76. The first-order valence-electron chi connectivity index (χ1n) is 9.83. The van der Waals surface area contributed by atoms with E-state index in [0.29, 0.717) is 16.6 Å². The molecular formula is C21H23N5O2S2. The molecule has 1 unspecified atom stereocenters. The van der Waals surface area contributed by atoms with Crippen molar-refractivity contribution in [3.8, 4) is 5.69 Å². The van der Waals surface area contributed by atoms with Crippen LogP contribution in [-0.2, 0) is 16.0 Å². The van der Waals surface area contributed by atoms with E-state index in [1.807, 2.05) is 33.7 Å². The number of hydrogen-bond acceptors (Lipinski definition) is 6. The lowest BCUT2D eigenvalue weighted by Crippen LogP contribution is -2.40. The van der Waals surface area contributed by atoms with Gasteiger partial charge in [-0.1, -0.05) is 24.8 Å². The van der Waals surface area contributed by atoms with Gasteiger partial charge in [0.05, 0.1) is 17.5 Å². The van der Waals surface area contributed by atoms with Gasteiger partial charge in [0, 0.05) is 24.0 Å². The molecule has 0 saturated heterocycles. The van der Waals surface area contributed by atoms with Crippen molar-refractivity contribution in [2.45, 2.75) is 37.9 Å². The molecule has 1 aliphatic rings. The van der Waals surface area contributed by atoms with Crippen LogP contribution >= 0.6 is 23.1 Å². The van der Waals surface area contributed by atoms with Gasteiger partial charge in [-0.3, -0.25) is 14.2 Å². The maximum absolute atomic E-state index is 13.0. The molecule has 0 bridgehead atoms. The Labute approximate surface area is 183 Å². The molecule has 1 aromatic carbocycles. The van der Waals surface area contributed by atoms with Gasteiger partial charge in [-0.2, -0.15) is 0 Å².